The van der Waals surface area contributed by atoms with Crippen molar-refractivity contribution in [2.75, 3.05) is 20.7 Å². The van der Waals surface area contributed by atoms with Crippen molar-refractivity contribution in [3.05, 3.63) is 0 Å². The summed E-state index contributed by atoms with van der Waals surface area (Å²) in [6.07, 6.45) is 0. The van der Waals surface area contributed by atoms with Gasteiger partial charge in [0.05, 0.1) is 20.7 Å². The molecule has 0 aromatic rings. The van der Waals surface area contributed by atoms with Gasteiger partial charge in [-0.15, -0.1) is 0 Å². The summed E-state index contributed by atoms with van der Waals surface area (Å²) in [5, 5.41) is 8.74. The number of aliphatic hydroxyl groups is 1. The molecular weight excluding hydrogens is 102 g/mol. The number of nitrogens with one attached hydrogen (secondary N) is 1. The first-order valence-electron chi connectivity index (χ1n) is 2.92. The van der Waals surface area contributed by atoms with Crippen LogP contribution in [0.15, 0.2) is 0 Å². The second kappa shape index (κ2) is 2.46. The maximum Gasteiger partial charge on any atom is 0.115 e. The number of likely N-dealkylation sites (N-methyl/N-ethyl adjacent to an activating group) is 1. The van der Waals surface area contributed by atoms with Crippen LogP contribution in [-0.4, -0.2) is 31.3 Å². The minimum absolute atomic E-state index is 0.0139. The van der Waals surface area contributed by atoms with Crippen molar-refractivity contribution in [3.63, 3.8) is 0 Å². The highest BCUT2D eigenvalue weighted by Crippen LogP contribution is 1.90. The lowest BCUT2D eigenvalue weighted by molar-refractivity contribution is -0.911. The van der Waals surface area contributed by atoms with Gasteiger partial charge in [0.15, 0.2) is 0 Å². The lowest BCUT2D eigenvalue weighted by atomic mass is 10.1. The molecule has 0 heterocycles. The number of rotatable bonds is 2. The van der Waals surface area contributed by atoms with Gasteiger partial charge in [-0.1, -0.05) is 0 Å². The molecule has 0 bridgehead atoms. The first kappa shape index (κ1) is 7.92. The third-order valence-electron chi connectivity index (χ3n) is 1.75. The van der Waals surface area contributed by atoms with Crippen LogP contribution in [0.25, 0.3) is 0 Å². The van der Waals surface area contributed by atoms with E-state index in [9.17, 15) is 0 Å². The zero-order valence-corrected chi connectivity index (χ0v) is 6.15. The van der Waals surface area contributed by atoms with E-state index in [-0.39, 0.29) is 12.1 Å². The first-order valence-corrected chi connectivity index (χ1v) is 2.92. The van der Waals surface area contributed by atoms with Gasteiger partial charge in [0, 0.05) is 0 Å². The SMILES string of the molecule is C[NH+](C)C(C)(C)CO. The fraction of sp³-hybridized carbons (Fsp3) is 1.00. The summed E-state index contributed by atoms with van der Waals surface area (Å²) in [4.78, 5) is 1.28. The van der Waals surface area contributed by atoms with E-state index in [0.717, 1.165) is 0 Å². The predicted molar refractivity (Wildman–Crippen MR) is 34.0 cm³/mol. The van der Waals surface area contributed by atoms with E-state index in [1.807, 2.05) is 27.9 Å². The molecule has 50 valence electrons. The van der Waals surface area contributed by atoms with E-state index < -0.39 is 0 Å². The summed E-state index contributed by atoms with van der Waals surface area (Å²) >= 11 is 0. The van der Waals surface area contributed by atoms with E-state index in [2.05, 4.69) is 0 Å². The van der Waals surface area contributed by atoms with Crippen LogP contribution in [0.5, 0.6) is 0 Å². The molecule has 0 rings (SSSR count). The Balaban J connectivity index is 3.71. The molecule has 2 heteroatoms. The number of aliphatic hydroxyl groups excluding tert-OH is 1. The van der Waals surface area contributed by atoms with Gasteiger partial charge in [0.25, 0.3) is 0 Å². The van der Waals surface area contributed by atoms with Crippen molar-refractivity contribution in [1.82, 2.24) is 0 Å². The zero-order valence-electron chi connectivity index (χ0n) is 6.15. The Morgan fingerprint density at radius 3 is 1.75 bits per heavy atom. The predicted octanol–water partition coefficient (Wildman–Crippen LogP) is -1.10. The molecule has 0 aliphatic carbocycles. The quantitative estimate of drug-likeness (QED) is 0.473. The highest BCUT2D eigenvalue weighted by Gasteiger charge is 2.22. The number of quaternary nitrogens is 1. The summed E-state index contributed by atoms with van der Waals surface area (Å²) in [6, 6.07) is 0. The van der Waals surface area contributed by atoms with E-state index in [1.54, 1.807) is 0 Å². The second-order valence-corrected chi connectivity index (χ2v) is 3.04. The molecule has 0 aromatic heterocycles. The Morgan fingerprint density at radius 1 is 1.38 bits per heavy atom. The molecule has 0 saturated carbocycles. The summed E-state index contributed by atoms with van der Waals surface area (Å²) in [7, 11) is 4.08. The molecule has 0 unspecified atom stereocenters. The normalized spacial score (nSPS) is 12.8. The highest BCUT2D eigenvalue weighted by molar-refractivity contribution is 4.60. The van der Waals surface area contributed by atoms with Crippen LogP contribution < -0.4 is 4.90 Å². The zero-order chi connectivity index (χ0) is 6.78. The summed E-state index contributed by atoms with van der Waals surface area (Å²) < 4.78 is 0. The highest BCUT2D eigenvalue weighted by atomic mass is 16.3. The minimum Gasteiger partial charge on any atom is -0.390 e. The fourth-order valence-electron chi connectivity index (χ4n) is 0.158. The summed E-state index contributed by atoms with van der Waals surface area (Å²) in [5.74, 6) is 0. The van der Waals surface area contributed by atoms with Gasteiger partial charge < -0.3 is 10.0 Å². The molecule has 2 nitrogen and oxygen atoms in total. The molecule has 0 atom stereocenters. The van der Waals surface area contributed by atoms with Crippen LogP contribution in [0.2, 0.25) is 0 Å². The molecule has 0 radical (unpaired) electrons. The molecule has 0 aliphatic heterocycles. The van der Waals surface area contributed by atoms with Crippen molar-refractivity contribution in [2.45, 2.75) is 19.4 Å². The minimum atomic E-state index is 0.0139. The molecule has 0 aliphatic rings. The van der Waals surface area contributed by atoms with E-state index in [1.165, 1.54) is 4.90 Å². The molecule has 0 saturated heterocycles. The molecule has 2 N–H and O–H groups in total. The summed E-state index contributed by atoms with van der Waals surface area (Å²) in [6.45, 7) is 4.31. The largest absolute Gasteiger partial charge is 0.390 e. The Labute approximate surface area is 51.1 Å². The van der Waals surface area contributed by atoms with Gasteiger partial charge >= 0.3 is 0 Å². The van der Waals surface area contributed by atoms with Crippen LogP contribution >= 0.6 is 0 Å². The molecule has 8 heavy (non-hydrogen) atoms. The Bertz CT molecular complexity index is 68.9. The molecule has 0 fully saturated rings. The van der Waals surface area contributed by atoms with E-state index in [4.69, 9.17) is 5.11 Å². The van der Waals surface area contributed by atoms with E-state index in [0.29, 0.717) is 0 Å². The van der Waals surface area contributed by atoms with E-state index >= 15 is 0 Å². The van der Waals surface area contributed by atoms with Crippen molar-refractivity contribution >= 4 is 0 Å². The van der Waals surface area contributed by atoms with Crippen molar-refractivity contribution in [2.24, 2.45) is 0 Å². The Morgan fingerprint density at radius 2 is 1.75 bits per heavy atom. The summed E-state index contributed by atoms with van der Waals surface area (Å²) in [5.41, 5.74) is 0.0139. The fourth-order valence-corrected chi connectivity index (χ4v) is 0.158. The lowest BCUT2D eigenvalue weighted by Gasteiger charge is -2.26. The van der Waals surface area contributed by atoms with Gasteiger partial charge in [0.2, 0.25) is 0 Å². The number of hydrogen-bond donors (Lipinski definition) is 2. The monoisotopic (exact) mass is 118 g/mol. The van der Waals surface area contributed by atoms with Gasteiger partial charge in [-0.3, -0.25) is 0 Å². The topological polar surface area (TPSA) is 24.7 Å². The van der Waals surface area contributed by atoms with Gasteiger partial charge in [-0.2, -0.15) is 0 Å². The third-order valence-corrected chi connectivity index (χ3v) is 1.75. The molecule has 0 spiro atoms. The second-order valence-electron chi connectivity index (χ2n) is 3.04. The average Bonchev–Trinajstić information content (AvgIpc) is 1.67. The number of hydrogen-bond acceptors (Lipinski definition) is 1. The van der Waals surface area contributed by atoms with Crippen LogP contribution in [0.4, 0.5) is 0 Å². The lowest BCUT2D eigenvalue weighted by Crippen LogP contribution is -3.14. The third kappa shape index (κ3) is 1.80. The molecule has 0 amide bonds. The maximum atomic E-state index is 8.74. The smallest absolute Gasteiger partial charge is 0.115 e. The van der Waals surface area contributed by atoms with Crippen LogP contribution in [0.1, 0.15) is 13.8 Å². The Hall–Kier alpha value is -0.0800. The van der Waals surface area contributed by atoms with Crippen molar-refractivity contribution in [3.8, 4) is 0 Å². The average molecular weight is 118 g/mol. The maximum absolute atomic E-state index is 8.74. The van der Waals surface area contributed by atoms with Crippen molar-refractivity contribution < 1.29 is 10.0 Å². The van der Waals surface area contributed by atoms with Crippen LogP contribution in [0.3, 0.4) is 0 Å². The molecule has 0 aromatic carbocycles. The van der Waals surface area contributed by atoms with Gasteiger partial charge in [-0.25, -0.2) is 0 Å². The van der Waals surface area contributed by atoms with Gasteiger partial charge in [-0.05, 0) is 13.8 Å². The van der Waals surface area contributed by atoms with Crippen LogP contribution in [0, 0.1) is 0 Å². The first-order chi connectivity index (χ1) is 3.50. The van der Waals surface area contributed by atoms with Crippen molar-refractivity contribution in [1.29, 1.82) is 0 Å². The standard InChI is InChI=1S/C6H15NO/c1-6(2,5-8)7(3)4/h8H,5H2,1-4H3/p+1. The Kier molecular flexibility index (Phi) is 2.44. The molecular formula is C6H16NO+. The van der Waals surface area contributed by atoms with Gasteiger partial charge in [0.1, 0.15) is 5.54 Å². The van der Waals surface area contributed by atoms with Crippen LogP contribution in [-0.2, 0) is 0 Å².